The Morgan fingerprint density at radius 1 is 1.17 bits per heavy atom. The summed E-state index contributed by atoms with van der Waals surface area (Å²) in [6.07, 6.45) is 2.10. The van der Waals surface area contributed by atoms with E-state index in [-0.39, 0.29) is 0 Å². The highest BCUT2D eigenvalue weighted by Gasteiger charge is 2.00. The van der Waals surface area contributed by atoms with E-state index in [1.165, 1.54) is 0 Å². The predicted octanol–water partition coefficient (Wildman–Crippen LogP) is 0.971. The molecule has 0 aromatic rings. The predicted molar refractivity (Wildman–Crippen MR) is 31.5 cm³/mol. The summed E-state index contributed by atoms with van der Waals surface area (Å²) in [7, 11) is 6.43. The maximum Gasteiger partial charge on any atom is 0.0783 e. The quantitative estimate of drug-likeness (QED) is 0.354. The molecular weight excluding hydrogens is 94.1 g/mol. The van der Waals surface area contributed by atoms with Crippen LogP contribution in [0.2, 0.25) is 0 Å². The van der Waals surface area contributed by atoms with Gasteiger partial charge in [0.05, 0.1) is 33.1 Å². The Morgan fingerprint density at radius 2 is 1.33 bits per heavy atom. The Bertz CT molecular complexity index is 37.3. The lowest BCUT2D eigenvalue weighted by atomic mass is 11.0. The molecule has 0 aliphatic rings. The maximum absolute atomic E-state index is 2.14. The van der Waals surface area contributed by atoms with Gasteiger partial charge in [0.25, 0.3) is 0 Å². The molecule has 1 nitrogen and oxygen atoms in total. The van der Waals surface area contributed by atoms with Crippen LogP contribution in [0.4, 0.5) is 0 Å². The first-order chi connectivity index (χ1) is 2.56. The maximum atomic E-state index is 2.14. The lowest BCUT2D eigenvalue weighted by Crippen LogP contribution is -2.23. The van der Waals surface area contributed by atoms with Crippen LogP contribution < -0.4 is 0 Å². The van der Waals surface area contributed by atoms with Gasteiger partial charge in [-0.1, -0.05) is 0 Å². The second kappa shape index (κ2) is 1.85. The Hall–Kier alpha value is 0.310. The molecule has 0 aromatic heterocycles. The summed E-state index contributed by atoms with van der Waals surface area (Å²) in [5.74, 6) is 0. The number of quaternary nitrogens is 1. The van der Waals surface area contributed by atoms with Crippen molar-refractivity contribution < 1.29 is 3.89 Å². The Kier molecular flexibility index (Phi) is 1.94. The van der Waals surface area contributed by atoms with Crippen LogP contribution in [-0.2, 0) is 0 Å². The van der Waals surface area contributed by atoms with Gasteiger partial charge in [-0.2, -0.15) is 0 Å². The van der Waals surface area contributed by atoms with Gasteiger partial charge in [0.2, 0.25) is 0 Å². The molecule has 0 bridgehead atoms. The van der Waals surface area contributed by atoms with E-state index in [4.69, 9.17) is 0 Å². The Morgan fingerprint density at radius 3 is 1.33 bits per heavy atom. The van der Waals surface area contributed by atoms with Gasteiger partial charge >= 0.3 is 0 Å². The van der Waals surface area contributed by atoms with Gasteiger partial charge in [-0.05, 0) is 0 Å². The molecule has 0 fully saturated rings. The zero-order chi connectivity index (χ0) is 5.21. The summed E-state index contributed by atoms with van der Waals surface area (Å²) in [6, 6.07) is 0. The molecule has 0 unspecified atom stereocenters. The van der Waals surface area contributed by atoms with Crippen LogP contribution in [0.1, 0.15) is 0 Å². The van der Waals surface area contributed by atoms with Crippen LogP contribution in [0.25, 0.3) is 0 Å². The molecule has 0 aliphatic heterocycles. The van der Waals surface area contributed by atoms with Crippen molar-refractivity contribution in [2.24, 2.45) is 0 Å². The number of hydrogen-bond acceptors (Lipinski definition) is 1. The third-order valence-corrected chi connectivity index (χ3v) is 1.64. The minimum atomic E-state index is 0.986. The SMILES string of the molecule is CS[N+](C)(C)C. The minimum absolute atomic E-state index is 0.986. The molecule has 6 heavy (non-hydrogen) atoms. The van der Waals surface area contributed by atoms with Crippen molar-refractivity contribution in [2.75, 3.05) is 27.4 Å². The fraction of sp³-hybridized carbons (Fsp3) is 1.00. The van der Waals surface area contributed by atoms with E-state index in [0.29, 0.717) is 0 Å². The average molecular weight is 106 g/mol. The van der Waals surface area contributed by atoms with Gasteiger partial charge in [-0.25, -0.2) is 0 Å². The van der Waals surface area contributed by atoms with Gasteiger partial charge in [0, 0.05) is 6.26 Å². The second-order valence-corrected chi connectivity index (χ2v) is 3.53. The van der Waals surface area contributed by atoms with Crippen LogP contribution in [0.5, 0.6) is 0 Å². The minimum Gasteiger partial charge on any atom is -0.269 e. The van der Waals surface area contributed by atoms with Gasteiger partial charge in [-0.15, -0.1) is 0 Å². The highest BCUT2D eigenvalue weighted by Crippen LogP contribution is 2.05. The van der Waals surface area contributed by atoms with Gasteiger partial charge in [0.15, 0.2) is 0 Å². The monoisotopic (exact) mass is 106 g/mol. The van der Waals surface area contributed by atoms with Crippen LogP contribution in [0.15, 0.2) is 0 Å². The zero-order valence-electron chi connectivity index (χ0n) is 4.86. The zero-order valence-corrected chi connectivity index (χ0v) is 5.67. The number of hydrogen-bond donors (Lipinski definition) is 0. The number of nitrogens with zero attached hydrogens (tertiary/aromatic N) is 1. The van der Waals surface area contributed by atoms with Crippen molar-refractivity contribution in [1.82, 2.24) is 0 Å². The molecule has 0 heterocycles. The van der Waals surface area contributed by atoms with Crippen LogP contribution in [0, 0.1) is 0 Å². The fourth-order valence-electron chi connectivity index (χ4n) is 0. The van der Waals surface area contributed by atoms with Crippen LogP contribution >= 0.6 is 11.9 Å². The highest BCUT2D eigenvalue weighted by atomic mass is 32.2. The third-order valence-electron chi connectivity index (χ3n) is 0.548. The lowest BCUT2D eigenvalue weighted by molar-refractivity contribution is -0.726. The molecule has 0 saturated heterocycles. The topological polar surface area (TPSA) is 0 Å². The average Bonchev–Trinajstić information content (AvgIpc) is 1.35. The molecule has 0 aromatic carbocycles. The van der Waals surface area contributed by atoms with E-state index in [1.54, 1.807) is 0 Å². The molecule has 0 saturated carbocycles. The molecule has 0 N–H and O–H groups in total. The van der Waals surface area contributed by atoms with Crippen molar-refractivity contribution in [3.63, 3.8) is 0 Å². The smallest absolute Gasteiger partial charge is 0.0783 e. The molecule has 0 radical (unpaired) electrons. The summed E-state index contributed by atoms with van der Waals surface area (Å²) in [4.78, 5) is 0. The molecule has 38 valence electrons. The summed E-state index contributed by atoms with van der Waals surface area (Å²) >= 11 is 1.82. The Labute approximate surface area is 44.1 Å². The summed E-state index contributed by atoms with van der Waals surface area (Å²) in [5.41, 5.74) is 0. The van der Waals surface area contributed by atoms with Gasteiger partial charge in [-0.3, -0.25) is 3.89 Å². The number of rotatable bonds is 1. The molecule has 0 rings (SSSR count). The van der Waals surface area contributed by atoms with Crippen molar-refractivity contribution in [3.05, 3.63) is 0 Å². The summed E-state index contributed by atoms with van der Waals surface area (Å²) in [5, 5.41) is 0. The van der Waals surface area contributed by atoms with Crippen molar-refractivity contribution in [3.8, 4) is 0 Å². The molecule has 0 amide bonds. The first kappa shape index (κ1) is 6.31. The third kappa shape index (κ3) is 4.31. The van der Waals surface area contributed by atoms with Crippen LogP contribution in [-0.4, -0.2) is 31.3 Å². The van der Waals surface area contributed by atoms with Crippen molar-refractivity contribution in [1.29, 1.82) is 0 Å². The Balaban J connectivity index is 3.17. The van der Waals surface area contributed by atoms with Crippen molar-refractivity contribution in [2.45, 2.75) is 0 Å². The standard InChI is InChI=1S/C4H12NS/c1-5(2,3)6-4/h1-4H3/q+1. The molecule has 2 heteroatoms. The first-order valence-electron chi connectivity index (χ1n) is 1.93. The van der Waals surface area contributed by atoms with Crippen LogP contribution in [0.3, 0.4) is 0 Å². The van der Waals surface area contributed by atoms with E-state index in [1.807, 2.05) is 11.9 Å². The van der Waals surface area contributed by atoms with Gasteiger partial charge < -0.3 is 0 Å². The van der Waals surface area contributed by atoms with E-state index >= 15 is 0 Å². The normalized spacial score (nSPS) is 12.0. The molecule has 0 atom stereocenters. The second-order valence-electron chi connectivity index (χ2n) is 2.07. The highest BCUT2D eigenvalue weighted by molar-refractivity contribution is 7.93. The van der Waals surface area contributed by atoms with E-state index in [9.17, 15) is 0 Å². The van der Waals surface area contributed by atoms with Gasteiger partial charge in [0.1, 0.15) is 0 Å². The lowest BCUT2D eigenvalue weighted by Gasteiger charge is -2.17. The van der Waals surface area contributed by atoms with E-state index in [0.717, 1.165) is 3.89 Å². The fourth-order valence-corrected chi connectivity index (χ4v) is 0. The molecular formula is C4H12NS+. The van der Waals surface area contributed by atoms with Crippen molar-refractivity contribution >= 4 is 11.9 Å². The molecule has 0 spiro atoms. The summed E-state index contributed by atoms with van der Waals surface area (Å²) in [6.45, 7) is 0. The summed E-state index contributed by atoms with van der Waals surface area (Å²) < 4.78 is 0.986. The first-order valence-corrected chi connectivity index (χ1v) is 3.11. The molecule has 0 aliphatic carbocycles. The van der Waals surface area contributed by atoms with E-state index in [2.05, 4.69) is 27.4 Å². The van der Waals surface area contributed by atoms with E-state index < -0.39 is 0 Å². The largest absolute Gasteiger partial charge is 0.269 e.